The molecule has 23 heavy (non-hydrogen) atoms. The van der Waals surface area contributed by atoms with Gasteiger partial charge in [0.25, 0.3) is 5.91 Å². The lowest BCUT2D eigenvalue weighted by atomic mass is 9.79. The standard InChI is InChI=1S/C18H27N3O2/c22-17(18(23)7-4-8-18)19-9-10-20-11-13-21(14-12-20)15-16-5-2-1-3-6-16/h1-3,5-6,23H,4,7-15H2,(H,19,22). The molecule has 0 atom stereocenters. The average Bonchev–Trinajstić information content (AvgIpc) is 2.55. The van der Waals surface area contributed by atoms with Gasteiger partial charge in [-0.15, -0.1) is 0 Å². The van der Waals surface area contributed by atoms with Crippen LogP contribution < -0.4 is 5.32 Å². The molecule has 1 amide bonds. The van der Waals surface area contributed by atoms with Gasteiger partial charge in [-0.3, -0.25) is 14.6 Å². The first-order valence-corrected chi connectivity index (χ1v) is 8.65. The van der Waals surface area contributed by atoms with E-state index in [4.69, 9.17) is 0 Å². The molecule has 1 heterocycles. The van der Waals surface area contributed by atoms with Crippen molar-refractivity contribution in [3.63, 3.8) is 0 Å². The largest absolute Gasteiger partial charge is 0.380 e. The summed E-state index contributed by atoms with van der Waals surface area (Å²) in [6.45, 7) is 6.69. The van der Waals surface area contributed by atoms with E-state index in [1.54, 1.807) is 0 Å². The molecule has 0 aromatic heterocycles. The number of amides is 1. The van der Waals surface area contributed by atoms with E-state index in [0.29, 0.717) is 19.4 Å². The van der Waals surface area contributed by atoms with Crippen LogP contribution in [-0.2, 0) is 11.3 Å². The molecule has 0 radical (unpaired) electrons. The SMILES string of the molecule is O=C(NCCN1CCN(Cc2ccccc2)CC1)C1(O)CCC1. The summed E-state index contributed by atoms with van der Waals surface area (Å²) < 4.78 is 0. The number of piperazine rings is 1. The van der Waals surface area contributed by atoms with E-state index in [2.05, 4.69) is 45.4 Å². The molecule has 0 unspecified atom stereocenters. The molecule has 3 rings (SSSR count). The molecule has 1 saturated heterocycles. The third kappa shape index (κ3) is 4.31. The van der Waals surface area contributed by atoms with Crippen molar-refractivity contribution < 1.29 is 9.90 Å². The van der Waals surface area contributed by atoms with Crippen molar-refractivity contribution in [2.24, 2.45) is 0 Å². The van der Waals surface area contributed by atoms with Gasteiger partial charge in [-0.2, -0.15) is 0 Å². The van der Waals surface area contributed by atoms with Gasteiger partial charge in [-0.05, 0) is 24.8 Å². The summed E-state index contributed by atoms with van der Waals surface area (Å²) in [6, 6.07) is 10.6. The third-order valence-electron chi connectivity index (χ3n) is 5.03. The highest BCUT2D eigenvalue weighted by Crippen LogP contribution is 2.31. The molecule has 1 aliphatic heterocycles. The van der Waals surface area contributed by atoms with E-state index < -0.39 is 5.60 Å². The van der Waals surface area contributed by atoms with Crippen molar-refractivity contribution in [2.45, 2.75) is 31.4 Å². The van der Waals surface area contributed by atoms with Crippen LogP contribution in [0.15, 0.2) is 30.3 Å². The fraction of sp³-hybridized carbons (Fsp3) is 0.611. The second-order valence-electron chi connectivity index (χ2n) is 6.74. The van der Waals surface area contributed by atoms with E-state index in [1.165, 1.54) is 5.56 Å². The Labute approximate surface area is 138 Å². The highest BCUT2D eigenvalue weighted by atomic mass is 16.3. The summed E-state index contributed by atoms with van der Waals surface area (Å²) in [5.74, 6) is -0.188. The summed E-state index contributed by atoms with van der Waals surface area (Å²) in [5, 5.41) is 12.8. The van der Waals surface area contributed by atoms with Gasteiger partial charge in [0, 0.05) is 45.8 Å². The predicted octanol–water partition coefficient (Wildman–Crippen LogP) is 0.835. The first kappa shape index (κ1) is 16.4. The van der Waals surface area contributed by atoms with Gasteiger partial charge >= 0.3 is 0 Å². The van der Waals surface area contributed by atoms with Gasteiger partial charge in [0.15, 0.2) is 0 Å². The van der Waals surface area contributed by atoms with Crippen LogP contribution in [0.1, 0.15) is 24.8 Å². The number of aliphatic hydroxyl groups is 1. The van der Waals surface area contributed by atoms with Crippen molar-refractivity contribution in [3.05, 3.63) is 35.9 Å². The molecule has 1 saturated carbocycles. The van der Waals surface area contributed by atoms with E-state index >= 15 is 0 Å². The molecule has 0 bridgehead atoms. The zero-order valence-corrected chi connectivity index (χ0v) is 13.7. The van der Waals surface area contributed by atoms with E-state index in [1.807, 2.05) is 0 Å². The van der Waals surface area contributed by atoms with Crippen molar-refractivity contribution in [3.8, 4) is 0 Å². The van der Waals surface area contributed by atoms with Crippen molar-refractivity contribution in [2.75, 3.05) is 39.3 Å². The lowest BCUT2D eigenvalue weighted by Gasteiger charge is -2.36. The predicted molar refractivity (Wildman–Crippen MR) is 90.0 cm³/mol. The molecule has 126 valence electrons. The number of nitrogens with one attached hydrogen (secondary N) is 1. The third-order valence-corrected chi connectivity index (χ3v) is 5.03. The number of rotatable bonds is 6. The minimum atomic E-state index is -1.08. The van der Waals surface area contributed by atoms with Crippen LogP contribution in [0.4, 0.5) is 0 Å². The summed E-state index contributed by atoms with van der Waals surface area (Å²) >= 11 is 0. The molecule has 1 aromatic rings. The highest BCUT2D eigenvalue weighted by Gasteiger charge is 2.41. The minimum Gasteiger partial charge on any atom is -0.380 e. The lowest BCUT2D eigenvalue weighted by Crippen LogP contribution is -2.53. The van der Waals surface area contributed by atoms with E-state index in [9.17, 15) is 9.90 Å². The van der Waals surface area contributed by atoms with E-state index in [0.717, 1.165) is 45.7 Å². The molecule has 2 fully saturated rings. The number of nitrogens with zero attached hydrogens (tertiary/aromatic N) is 2. The zero-order chi connectivity index (χ0) is 16.1. The number of carbonyl (C=O) groups excluding carboxylic acids is 1. The Hall–Kier alpha value is -1.43. The topological polar surface area (TPSA) is 55.8 Å². The van der Waals surface area contributed by atoms with Gasteiger partial charge in [0.05, 0.1) is 0 Å². The Bertz CT molecular complexity index is 508. The van der Waals surface area contributed by atoms with Gasteiger partial charge in [0.1, 0.15) is 5.60 Å². The van der Waals surface area contributed by atoms with Crippen LogP contribution in [0.3, 0.4) is 0 Å². The summed E-state index contributed by atoms with van der Waals surface area (Å²) in [5.41, 5.74) is 0.288. The second kappa shape index (κ2) is 7.43. The smallest absolute Gasteiger partial charge is 0.252 e. The summed E-state index contributed by atoms with van der Waals surface area (Å²) in [4.78, 5) is 16.7. The molecule has 2 aliphatic rings. The van der Waals surface area contributed by atoms with E-state index in [-0.39, 0.29) is 5.91 Å². The maximum absolute atomic E-state index is 11.9. The molecule has 5 heteroatoms. The molecular weight excluding hydrogens is 290 g/mol. The van der Waals surface area contributed by atoms with Crippen molar-refractivity contribution >= 4 is 5.91 Å². The monoisotopic (exact) mass is 317 g/mol. The van der Waals surface area contributed by atoms with Gasteiger partial charge in [0.2, 0.25) is 0 Å². The van der Waals surface area contributed by atoms with Crippen molar-refractivity contribution in [1.82, 2.24) is 15.1 Å². The van der Waals surface area contributed by atoms with Gasteiger partial charge in [-0.1, -0.05) is 30.3 Å². The first-order chi connectivity index (χ1) is 11.2. The number of carbonyl (C=O) groups is 1. The summed E-state index contributed by atoms with van der Waals surface area (Å²) in [6.07, 6.45) is 2.17. The molecule has 1 aliphatic carbocycles. The highest BCUT2D eigenvalue weighted by molar-refractivity contribution is 5.85. The Kier molecular flexibility index (Phi) is 5.30. The zero-order valence-electron chi connectivity index (χ0n) is 13.7. The fourth-order valence-corrected chi connectivity index (χ4v) is 3.24. The maximum atomic E-state index is 11.9. The average molecular weight is 317 g/mol. The summed E-state index contributed by atoms with van der Waals surface area (Å²) in [7, 11) is 0. The van der Waals surface area contributed by atoms with Gasteiger partial charge < -0.3 is 10.4 Å². The molecule has 0 spiro atoms. The van der Waals surface area contributed by atoms with Gasteiger partial charge in [-0.25, -0.2) is 0 Å². The molecule has 2 N–H and O–H groups in total. The molecular formula is C18H27N3O2. The first-order valence-electron chi connectivity index (χ1n) is 8.65. The Morgan fingerprint density at radius 3 is 2.35 bits per heavy atom. The molecule has 5 nitrogen and oxygen atoms in total. The van der Waals surface area contributed by atoms with Crippen LogP contribution in [0.5, 0.6) is 0 Å². The Morgan fingerprint density at radius 1 is 1.09 bits per heavy atom. The van der Waals surface area contributed by atoms with Crippen molar-refractivity contribution in [1.29, 1.82) is 0 Å². The Balaban J connectivity index is 1.32. The lowest BCUT2D eigenvalue weighted by molar-refractivity contribution is -0.148. The van der Waals surface area contributed by atoms with Crippen LogP contribution in [0.25, 0.3) is 0 Å². The van der Waals surface area contributed by atoms with Crippen LogP contribution in [0.2, 0.25) is 0 Å². The fourth-order valence-electron chi connectivity index (χ4n) is 3.24. The van der Waals surface area contributed by atoms with Crippen LogP contribution >= 0.6 is 0 Å². The second-order valence-corrected chi connectivity index (χ2v) is 6.74. The number of hydrogen-bond acceptors (Lipinski definition) is 4. The quantitative estimate of drug-likeness (QED) is 0.816. The maximum Gasteiger partial charge on any atom is 0.252 e. The van der Waals surface area contributed by atoms with Crippen LogP contribution in [-0.4, -0.2) is 65.7 Å². The number of benzene rings is 1. The van der Waals surface area contributed by atoms with Crippen LogP contribution in [0, 0.1) is 0 Å². The Morgan fingerprint density at radius 2 is 1.74 bits per heavy atom. The normalized spacial score (nSPS) is 21.6. The number of hydrogen-bond donors (Lipinski definition) is 2. The minimum absolute atomic E-state index is 0.188. The molecule has 1 aromatic carbocycles.